The summed E-state index contributed by atoms with van der Waals surface area (Å²) in [4.78, 5) is 35.6. The molecule has 9 heteroatoms. The van der Waals surface area contributed by atoms with Crippen LogP contribution in [0.15, 0.2) is 83.4 Å². The van der Waals surface area contributed by atoms with Crippen molar-refractivity contribution in [1.29, 1.82) is 0 Å². The fourth-order valence-corrected chi connectivity index (χ4v) is 5.17. The van der Waals surface area contributed by atoms with Gasteiger partial charge in [-0.2, -0.15) is 4.98 Å². The van der Waals surface area contributed by atoms with Gasteiger partial charge in [0.1, 0.15) is 18.3 Å². The van der Waals surface area contributed by atoms with E-state index in [1.807, 2.05) is 42.5 Å². The van der Waals surface area contributed by atoms with Gasteiger partial charge in [-0.25, -0.2) is 0 Å². The van der Waals surface area contributed by atoms with E-state index in [1.54, 1.807) is 46.2 Å². The van der Waals surface area contributed by atoms with Crippen LogP contribution in [0.5, 0.6) is 5.75 Å². The molecule has 1 aliphatic rings. The number of nitrogens with zero attached hydrogens (tertiary/aromatic N) is 4. The van der Waals surface area contributed by atoms with Crippen LogP contribution in [0.3, 0.4) is 0 Å². The molecule has 0 radical (unpaired) electrons. The number of rotatable bonds is 11. The second-order valence-corrected chi connectivity index (χ2v) is 10.9. The Hall–Kier alpha value is -4.17. The highest BCUT2D eigenvalue weighted by Crippen LogP contribution is 2.32. The quantitative estimate of drug-likeness (QED) is 0.176. The second-order valence-electron chi connectivity index (χ2n) is 10.4. The fourth-order valence-electron chi connectivity index (χ4n) is 5.04. The molecule has 8 nitrogen and oxygen atoms in total. The van der Waals surface area contributed by atoms with E-state index < -0.39 is 0 Å². The summed E-state index contributed by atoms with van der Waals surface area (Å²) in [6.07, 6.45) is 4.53. The Morgan fingerprint density at radius 3 is 2.52 bits per heavy atom. The molecule has 2 amide bonds. The van der Waals surface area contributed by atoms with Gasteiger partial charge >= 0.3 is 0 Å². The van der Waals surface area contributed by atoms with Crippen molar-refractivity contribution in [3.05, 3.63) is 101 Å². The standard InChI is InChI=1S/C33H35ClN4O4/c1-2-3-21-41-28-18-14-26(15-19-28)33(40)37(22-24-9-5-4-6-10-24)23-30(39)38-20-8-7-11-29(38)32-35-31(36-42-32)25-12-16-27(34)17-13-25/h4-6,9-10,12-19,29H,2-3,7-8,11,20-23H2,1H3/t29-/m0/s1. The van der Waals surface area contributed by atoms with Crippen LogP contribution in [0.25, 0.3) is 11.4 Å². The van der Waals surface area contributed by atoms with Crippen molar-refractivity contribution in [1.82, 2.24) is 19.9 Å². The fraction of sp³-hybridized carbons (Fsp3) is 0.333. The molecule has 4 aromatic rings. The van der Waals surface area contributed by atoms with Crippen LogP contribution in [0, 0.1) is 0 Å². The lowest BCUT2D eigenvalue weighted by Crippen LogP contribution is -2.45. The smallest absolute Gasteiger partial charge is 0.254 e. The van der Waals surface area contributed by atoms with Crippen molar-refractivity contribution in [2.45, 2.75) is 51.6 Å². The largest absolute Gasteiger partial charge is 0.494 e. The minimum atomic E-state index is -0.354. The topological polar surface area (TPSA) is 88.8 Å². The van der Waals surface area contributed by atoms with Gasteiger partial charge in [0.25, 0.3) is 5.91 Å². The number of carbonyl (C=O) groups is 2. The Morgan fingerprint density at radius 1 is 1.02 bits per heavy atom. The highest BCUT2D eigenvalue weighted by molar-refractivity contribution is 6.30. The van der Waals surface area contributed by atoms with Crippen LogP contribution < -0.4 is 4.74 Å². The van der Waals surface area contributed by atoms with Gasteiger partial charge in [0.2, 0.25) is 17.6 Å². The summed E-state index contributed by atoms with van der Waals surface area (Å²) < 4.78 is 11.4. The summed E-state index contributed by atoms with van der Waals surface area (Å²) in [6, 6.07) is 23.7. The highest BCUT2D eigenvalue weighted by Gasteiger charge is 2.34. The van der Waals surface area contributed by atoms with Crippen molar-refractivity contribution >= 4 is 23.4 Å². The van der Waals surface area contributed by atoms with Gasteiger partial charge in [0, 0.05) is 29.2 Å². The number of unbranched alkanes of at least 4 members (excludes halogenated alkanes) is 1. The highest BCUT2D eigenvalue weighted by atomic mass is 35.5. The molecule has 0 spiro atoms. The number of ether oxygens (including phenoxy) is 1. The molecule has 1 atom stereocenters. The third-order valence-corrected chi connectivity index (χ3v) is 7.60. The van der Waals surface area contributed by atoms with E-state index in [9.17, 15) is 9.59 Å². The Bertz CT molecular complexity index is 1460. The Labute approximate surface area is 251 Å². The van der Waals surface area contributed by atoms with Gasteiger partial charge < -0.3 is 19.1 Å². The molecule has 5 rings (SSSR count). The molecule has 0 N–H and O–H groups in total. The summed E-state index contributed by atoms with van der Waals surface area (Å²) >= 11 is 6.02. The maximum Gasteiger partial charge on any atom is 0.254 e. The number of carbonyl (C=O) groups excluding carboxylic acids is 2. The first kappa shape index (κ1) is 29.3. The average molecular weight is 587 g/mol. The van der Waals surface area contributed by atoms with Gasteiger partial charge in [0.05, 0.1) is 6.61 Å². The number of likely N-dealkylation sites (tertiary alicyclic amines) is 1. The predicted octanol–water partition coefficient (Wildman–Crippen LogP) is 6.97. The molecule has 3 aromatic carbocycles. The van der Waals surface area contributed by atoms with E-state index in [-0.39, 0.29) is 24.4 Å². The Balaban J connectivity index is 1.33. The summed E-state index contributed by atoms with van der Waals surface area (Å²) in [5, 5.41) is 4.78. The second kappa shape index (κ2) is 14.1. The van der Waals surface area contributed by atoms with Gasteiger partial charge in [-0.1, -0.05) is 60.4 Å². The van der Waals surface area contributed by atoms with Crippen molar-refractivity contribution in [2.24, 2.45) is 0 Å². The molecule has 2 heterocycles. The first-order chi connectivity index (χ1) is 20.5. The van der Waals surface area contributed by atoms with Gasteiger partial charge in [0.15, 0.2) is 0 Å². The summed E-state index contributed by atoms with van der Waals surface area (Å²) in [5.41, 5.74) is 2.23. The van der Waals surface area contributed by atoms with Crippen LogP contribution in [0.1, 0.15) is 66.9 Å². The van der Waals surface area contributed by atoms with Crippen molar-refractivity contribution in [3.63, 3.8) is 0 Å². The maximum absolute atomic E-state index is 13.8. The summed E-state index contributed by atoms with van der Waals surface area (Å²) in [6.45, 7) is 3.54. The number of hydrogen-bond acceptors (Lipinski definition) is 6. The predicted molar refractivity (Wildman–Crippen MR) is 161 cm³/mol. The third kappa shape index (κ3) is 7.36. The zero-order valence-electron chi connectivity index (χ0n) is 23.7. The Morgan fingerprint density at radius 2 is 1.79 bits per heavy atom. The molecule has 1 saturated heterocycles. The zero-order valence-corrected chi connectivity index (χ0v) is 24.5. The number of aromatic nitrogens is 2. The summed E-state index contributed by atoms with van der Waals surface area (Å²) in [5.74, 6) is 1.19. The number of hydrogen-bond donors (Lipinski definition) is 0. The minimum Gasteiger partial charge on any atom is -0.494 e. The lowest BCUT2D eigenvalue weighted by molar-refractivity contribution is -0.136. The van der Waals surface area contributed by atoms with E-state index in [0.29, 0.717) is 48.4 Å². The third-order valence-electron chi connectivity index (χ3n) is 7.35. The Kier molecular flexibility index (Phi) is 9.87. The normalized spacial score (nSPS) is 14.9. The SMILES string of the molecule is CCCCOc1ccc(C(=O)N(CC(=O)N2CCCC[C@H]2c2nc(-c3ccc(Cl)cc3)no2)Cc2ccccc2)cc1. The molecule has 0 saturated carbocycles. The van der Waals surface area contributed by atoms with Crippen LogP contribution in [-0.4, -0.2) is 51.5 Å². The average Bonchev–Trinajstić information content (AvgIpc) is 3.52. The van der Waals surface area contributed by atoms with Crippen LogP contribution in [0.2, 0.25) is 5.02 Å². The summed E-state index contributed by atoms with van der Waals surface area (Å²) in [7, 11) is 0. The monoisotopic (exact) mass is 586 g/mol. The van der Waals surface area contributed by atoms with Crippen molar-refractivity contribution < 1.29 is 18.8 Å². The minimum absolute atomic E-state index is 0.0723. The van der Waals surface area contributed by atoms with Crippen molar-refractivity contribution in [3.8, 4) is 17.1 Å². The molecule has 0 bridgehead atoms. The van der Waals surface area contributed by atoms with E-state index >= 15 is 0 Å². The van der Waals surface area contributed by atoms with E-state index in [1.165, 1.54) is 0 Å². The molecule has 0 unspecified atom stereocenters. The first-order valence-corrected chi connectivity index (χ1v) is 14.8. The van der Waals surface area contributed by atoms with Crippen LogP contribution in [-0.2, 0) is 11.3 Å². The number of benzene rings is 3. The van der Waals surface area contributed by atoms with E-state index in [4.69, 9.17) is 20.9 Å². The molecule has 218 valence electrons. The molecule has 1 aliphatic heterocycles. The molecular weight excluding hydrogens is 552 g/mol. The number of halogens is 1. The van der Waals surface area contributed by atoms with E-state index in [2.05, 4.69) is 17.1 Å². The zero-order chi connectivity index (χ0) is 29.3. The van der Waals surface area contributed by atoms with Crippen molar-refractivity contribution in [2.75, 3.05) is 19.7 Å². The van der Waals surface area contributed by atoms with Crippen LogP contribution in [0.4, 0.5) is 0 Å². The lowest BCUT2D eigenvalue weighted by atomic mass is 10.0. The van der Waals surface area contributed by atoms with E-state index in [0.717, 1.165) is 42.6 Å². The first-order valence-electron chi connectivity index (χ1n) is 14.5. The van der Waals surface area contributed by atoms with Gasteiger partial charge in [-0.05, 0) is 79.8 Å². The maximum atomic E-state index is 13.8. The molecule has 0 aliphatic carbocycles. The number of piperidine rings is 1. The number of amides is 2. The lowest BCUT2D eigenvalue weighted by Gasteiger charge is -2.35. The van der Waals surface area contributed by atoms with Gasteiger partial charge in [-0.15, -0.1) is 0 Å². The molecule has 1 fully saturated rings. The van der Waals surface area contributed by atoms with Gasteiger partial charge in [-0.3, -0.25) is 9.59 Å². The molecule has 42 heavy (non-hydrogen) atoms. The van der Waals surface area contributed by atoms with Crippen LogP contribution >= 0.6 is 11.6 Å². The molecule has 1 aromatic heterocycles. The molecular formula is C33H35ClN4O4.